The second kappa shape index (κ2) is 8.58. The fourth-order valence-electron chi connectivity index (χ4n) is 1.56. The Labute approximate surface area is 127 Å². The van der Waals surface area contributed by atoms with E-state index in [0.29, 0.717) is 6.54 Å². The van der Waals surface area contributed by atoms with Crippen LogP contribution in [0, 0.1) is 6.92 Å². The lowest BCUT2D eigenvalue weighted by molar-refractivity contribution is -0.115. The highest BCUT2D eigenvalue weighted by Crippen LogP contribution is 2.19. The van der Waals surface area contributed by atoms with E-state index in [2.05, 4.69) is 31.9 Å². The molecule has 0 heterocycles. The van der Waals surface area contributed by atoms with E-state index in [4.69, 9.17) is 0 Å². The second-order valence-electron chi connectivity index (χ2n) is 4.47. The van der Waals surface area contributed by atoms with E-state index >= 15 is 0 Å². The molecule has 0 aliphatic heterocycles. The molecular weight excluding hydrogens is 322 g/mol. The van der Waals surface area contributed by atoms with Gasteiger partial charge in [-0.2, -0.15) is 0 Å². The quantitative estimate of drug-likeness (QED) is 0.696. The molecule has 3 amide bonds. The number of amides is 3. The summed E-state index contributed by atoms with van der Waals surface area (Å²) in [5.41, 5.74) is 1.70. The maximum atomic E-state index is 11.7. The van der Waals surface area contributed by atoms with E-state index in [1.807, 2.05) is 32.0 Å². The summed E-state index contributed by atoms with van der Waals surface area (Å²) in [5, 5.41) is 7.96. The Bertz CT molecular complexity index is 477. The molecule has 0 atom stereocenters. The molecule has 0 aromatic heterocycles. The molecule has 0 spiro atoms. The first-order valence-electron chi connectivity index (χ1n) is 6.60. The molecule has 3 N–H and O–H groups in total. The molecule has 0 radical (unpaired) electrons. The number of rotatable bonds is 6. The Kier molecular flexibility index (Phi) is 7.08. The van der Waals surface area contributed by atoms with Crippen LogP contribution in [-0.4, -0.2) is 25.0 Å². The molecule has 0 saturated heterocycles. The minimum Gasteiger partial charge on any atom is -0.338 e. The molecule has 110 valence electrons. The van der Waals surface area contributed by atoms with Crippen molar-refractivity contribution in [3.8, 4) is 0 Å². The lowest BCUT2D eigenvalue weighted by Crippen LogP contribution is -2.40. The third-order valence-corrected chi connectivity index (χ3v) is 3.18. The number of halogens is 1. The monoisotopic (exact) mass is 341 g/mol. The van der Waals surface area contributed by atoms with E-state index in [-0.39, 0.29) is 18.5 Å². The van der Waals surface area contributed by atoms with Crippen LogP contribution in [0.2, 0.25) is 0 Å². The second-order valence-corrected chi connectivity index (χ2v) is 5.39. The van der Waals surface area contributed by atoms with Crippen LogP contribution in [0.5, 0.6) is 0 Å². The zero-order valence-electron chi connectivity index (χ0n) is 11.8. The maximum Gasteiger partial charge on any atom is 0.315 e. The zero-order chi connectivity index (χ0) is 15.0. The molecule has 1 aromatic rings. The molecule has 0 fully saturated rings. The molecule has 1 aromatic carbocycles. The van der Waals surface area contributed by atoms with Gasteiger partial charge < -0.3 is 16.0 Å². The Balaban J connectivity index is 2.34. The molecule has 0 bridgehead atoms. The van der Waals surface area contributed by atoms with Crippen molar-refractivity contribution in [2.45, 2.75) is 26.7 Å². The smallest absolute Gasteiger partial charge is 0.315 e. The van der Waals surface area contributed by atoms with Crippen molar-refractivity contribution in [3.63, 3.8) is 0 Å². The number of aryl methyl sites for hydroxylation is 1. The maximum absolute atomic E-state index is 11.7. The lowest BCUT2D eigenvalue weighted by Gasteiger charge is -2.10. The molecule has 0 saturated carbocycles. The molecule has 0 aliphatic carbocycles. The first kappa shape index (κ1) is 16.5. The Hall–Kier alpha value is -1.56. The minimum atomic E-state index is -0.318. The Morgan fingerprint density at radius 1 is 1.25 bits per heavy atom. The van der Waals surface area contributed by atoms with Gasteiger partial charge in [0.1, 0.15) is 0 Å². The van der Waals surface area contributed by atoms with E-state index in [0.717, 1.165) is 28.6 Å². The number of benzene rings is 1. The normalized spacial score (nSPS) is 9.95. The predicted molar refractivity (Wildman–Crippen MR) is 83.8 cm³/mol. The molecule has 6 heteroatoms. The number of nitrogens with one attached hydrogen (secondary N) is 3. The van der Waals surface area contributed by atoms with Gasteiger partial charge >= 0.3 is 6.03 Å². The SMILES string of the molecule is CCCCNC(=O)NCC(=O)Nc1ccc(Br)cc1C. The van der Waals surface area contributed by atoms with Crippen molar-refractivity contribution in [1.82, 2.24) is 10.6 Å². The summed E-state index contributed by atoms with van der Waals surface area (Å²) in [6.07, 6.45) is 1.95. The number of unbranched alkanes of at least 4 members (excludes halogenated alkanes) is 1. The van der Waals surface area contributed by atoms with Gasteiger partial charge in [0.2, 0.25) is 5.91 Å². The molecular formula is C14H20BrN3O2. The summed E-state index contributed by atoms with van der Waals surface area (Å²) in [6, 6.07) is 5.27. The van der Waals surface area contributed by atoms with Crippen molar-refractivity contribution < 1.29 is 9.59 Å². The van der Waals surface area contributed by atoms with E-state index in [1.165, 1.54) is 0 Å². The van der Waals surface area contributed by atoms with Crippen molar-refractivity contribution >= 4 is 33.6 Å². The van der Waals surface area contributed by atoms with Crippen LogP contribution < -0.4 is 16.0 Å². The van der Waals surface area contributed by atoms with Gasteiger partial charge in [-0.05, 0) is 37.1 Å². The highest BCUT2D eigenvalue weighted by molar-refractivity contribution is 9.10. The van der Waals surface area contributed by atoms with Crippen LogP contribution in [0.15, 0.2) is 22.7 Å². The standard InChI is InChI=1S/C14H20BrN3O2/c1-3-4-7-16-14(20)17-9-13(19)18-12-6-5-11(15)8-10(12)2/h5-6,8H,3-4,7,9H2,1-2H3,(H,18,19)(H2,16,17,20). The fraction of sp³-hybridized carbons (Fsp3) is 0.429. The van der Waals surface area contributed by atoms with Crippen molar-refractivity contribution in [2.24, 2.45) is 0 Å². The summed E-state index contributed by atoms with van der Waals surface area (Å²) in [4.78, 5) is 23.1. The van der Waals surface area contributed by atoms with Crippen LogP contribution in [0.1, 0.15) is 25.3 Å². The summed E-state index contributed by atoms with van der Waals surface area (Å²) >= 11 is 3.36. The van der Waals surface area contributed by atoms with Gasteiger partial charge in [0.15, 0.2) is 0 Å². The lowest BCUT2D eigenvalue weighted by atomic mass is 10.2. The number of hydrogen-bond acceptors (Lipinski definition) is 2. The summed E-state index contributed by atoms with van der Waals surface area (Å²) < 4.78 is 0.960. The van der Waals surface area contributed by atoms with Crippen LogP contribution in [0.4, 0.5) is 10.5 Å². The average Bonchev–Trinajstić information content (AvgIpc) is 2.40. The van der Waals surface area contributed by atoms with Gasteiger partial charge in [0.05, 0.1) is 6.54 Å². The third kappa shape index (κ3) is 6.06. The van der Waals surface area contributed by atoms with Gasteiger partial charge in [-0.15, -0.1) is 0 Å². The molecule has 20 heavy (non-hydrogen) atoms. The summed E-state index contributed by atoms with van der Waals surface area (Å²) in [5.74, 6) is -0.249. The Morgan fingerprint density at radius 3 is 2.65 bits per heavy atom. The topological polar surface area (TPSA) is 70.2 Å². The first-order chi connectivity index (χ1) is 9.52. The fourth-order valence-corrected chi connectivity index (χ4v) is 2.04. The Morgan fingerprint density at radius 2 is 2.00 bits per heavy atom. The molecule has 5 nitrogen and oxygen atoms in total. The molecule has 1 rings (SSSR count). The molecule has 0 aliphatic rings. The van der Waals surface area contributed by atoms with Crippen LogP contribution in [0.25, 0.3) is 0 Å². The predicted octanol–water partition coefficient (Wildman–Crippen LogP) is 2.80. The number of anilines is 1. The minimum absolute atomic E-state index is 0.0482. The number of urea groups is 1. The highest BCUT2D eigenvalue weighted by Gasteiger charge is 2.07. The van der Waals surface area contributed by atoms with Gasteiger partial charge in [-0.3, -0.25) is 4.79 Å². The third-order valence-electron chi connectivity index (χ3n) is 2.69. The van der Waals surface area contributed by atoms with Crippen molar-refractivity contribution in [3.05, 3.63) is 28.2 Å². The van der Waals surface area contributed by atoms with Gasteiger partial charge in [-0.1, -0.05) is 29.3 Å². The largest absolute Gasteiger partial charge is 0.338 e. The number of carbonyl (C=O) groups is 2. The van der Waals surface area contributed by atoms with Gasteiger partial charge in [0, 0.05) is 16.7 Å². The van der Waals surface area contributed by atoms with E-state index < -0.39 is 0 Å². The van der Waals surface area contributed by atoms with Gasteiger partial charge in [0.25, 0.3) is 0 Å². The van der Waals surface area contributed by atoms with Crippen LogP contribution >= 0.6 is 15.9 Å². The molecule has 0 unspecified atom stereocenters. The van der Waals surface area contributed by atoms with Crippen LogP contribution in [-0.2, 0) is 4.79 Å². The van der Waals surface area contributed by atoms with Gasteiger partial charge in [-0.25, -0.2) is 4.79 Å². The van der Waals surface area contributed by atoms with E-state index in [1.54, 1.807) is 0 Å². The highest BCUT2D eigenvalue weighted by atomic mass is 79.9. The van der Waals surface area contributed by atoms with Crippen molar-refractivity contribution in [2.75, 3.05) is 18.4 Å². The van der Waals surface area contributed by atoms with E-state index in [9.17, 15) is 9.59 Å². The summed E-state index contributed by atoms with van der Waals surface area (Å²) in [6.45, 7) is 4.53. The number of carbonyl (C=O) groups excluding carboxylic acids is 2. The first-order valence-corrected chi connectivity index (χ1v) is 7.40. The summed E-state index contributed by atoms with van der Waals surface area (Å²) in [7, 11) is 0. The number of hydrogen-bond donors (Lipinski definition) is 3. The van der Waals surface area contributed by atoms with Crippen molar-refractivity contribution in [1.29, 1.82) is 0 Å². The van der Waals surface area contributed by atoms with Crippen LogP contribution in [0.3, 0.4) is 0 Å². The average molecular weight is 342 g/mol. The zero-order valence-corrected chi connectivity index (χ0v) is 13.3.